The third kappa shape index (κ3) is 5.55. The number of nitrogens with zero attached hydrogens (tertiary/aromatic N) is 5. The number of pyridine rings is 1. The van der Waals surface area contributed by atoms with Crippen LogP contribution in [0.15, 0.2) is 67.1 Å². The van der Waals surface area contributed by atoms with Gasteiger partial charge in [-0.2, -0.15) is 8.78 Å². The van der Waals surface area contributed by atoms with Crippen molar-refractivity contribution in [1.82, 2.24) is 25.2 Å². The van der Waals surface area contributed by atoms with Crippen LogP contribution in [-0.2, 0) is 12.5 Å². The van der Waals surface area contributed by atoms with Gasteiger partial charge in [-0.05, 0) is 45.8 Å². The molecule has 0 saturated heterocycles. The van der Waals surface area contributed by atoms with Crippen LogP contribution >= 0.6 is 0 Å². The predicted molar refractivity (Wildman–Crippen MR) is 107 cm³/mol. The number of halogens is 7. The molecule has 0 radical (unpaired) electrons. The van der Waals surface area contributed by atoms with Crippen LogP contribution in [0, 0.1) is 11.6 Å². The van der Waals surface area contributed by atoms with Crippen molar-refractivity contribution in [3.05, 3.63) is 90.0 Å². The van der Waals surface area contributed by atoms with E-state index in [0.717, 1.165) is 47.5 Å². The highest BCUT2D eigenvalue weighted by molar-refractivity contribution is 5.63. The minimum Gasteiger partial charge on any atom is -0.406 e. The molecule has 0 spiro atoms. The Hall–Kier alpha value is -4.03. The molecule has 0 aliphatic carbocycles. The van der Waals surface area contributed by atoms with E-state index in [1.807, 2.05) is 0 Å². The first-order valence-corrected chi connectivity index (χ1v) is 9.89. The molecule has 0 aliphatic rings. The summed E-state index contributed by atoms with van der Waals surface area (Å²) in [6.45, 7) is -0.535. The Labute approximate surface area is 193 Å². The normalized spacial score (nSPS) is 13.0. The quantitative estimate of drug-likeness (QED) is 0.316. The zero-order chi connectivity index (χ0) is 25.2. The molecule has 0 saturated carbocycles. The van der Waals surface area contributed by atoms with Gasteiger partial charge < -0.3 is 4.74 Å². The second-order valence-electron chi connectivity index (χ2n) is 7.38. The Morgan fingerprint density at radius 2 is 1.60 bits per heavy atom. The highest BCUT2D eigenvalue weighted by atomic mass is 19.4. The molecule has 182 valence electrons. The summed E-state index contributed by atoms with van der Waals surface area (Å²) in [6, 6.07) is 9.37. The van der Waals surface area contributed by atoms with Crippen molar-refractivity contribution >= 4 is 0 Å². The van der Waals surface area contributed by atoms with Gasteiger partial charge in [0.15, 0.2) is 0 Å². The number of hydrogen-bond acceptors (Lipinski definition) is 5. The summed E-state index contributed by atoms with van der Waals surface area (Å²) in [5.41, 5.74) is -0.428. The standard InChI is InChI=1S/C22H14F7N5O/c23-15-4-7-17(19(24)9-15)18(11-34-12-31-32-33-34)21(25,26)20-8-3-14(10-30-20)13-1-5-16(6-2-13)35-22(27,28)29/h1-10,12,18H,11H2. The molecule has 0 bridgehead atoms. The molecule has 0 fully saturated rings. The Morgan fingerprint density at radius 3 is 2.17 bits per heavy atom. The predicted octanol–water partition coefficient (Wildman–Crippen LogP) is 5.49. The second-order valence-corrected chi connectivity index (χ2v) is 7.38. The molecule has 0 amide bonds. The SMILES string of the molecule is Fc1ccc(C(Cn2cnnn2)C(F)(F)c2ccc(-c3ccc(OC(F)(F)F)cc3)cn2)c(F)c1. The van der Waals surface area contributed by atoms with Crippen LogP contribution < -0.4 is 4.74 Å². The van der Waals surface area contributed by atoms with Crippen LogP contribution in [0.25, 0.3) is 11.1 Å². The lowest BCUT2D eigenvalue weighted by Crippen LogP contribution is -2.30. The van der Waals surface area contributed by atoms with Gasteiger partial charge in [0, 0.05) is 17.8 Å². The monoisotopic (exact) mass is 497 g/mol. The smallest absolute Gasteiger partial charge is 0.406 e. The zero-order valence-electron chi connectivity index (χ0n) is 17.4. The van der Waals surface area contributed by atoms with Crippen molar-refractivity contribution in [2.24, 2.45) is 0 Å². The maximum Gasteiger partial charge on any atom is 0.573 e. The third-order valence-electron chi connectivity index (χ3n) is 5.06. The van der Waals surface area contributed by atoms with E-state index in [-0.39, 0.29) is 0 Å². The average molecular weight is 497 g/mol. The highest BCUT2D eigenvalue weighted by Crippen LogP contribution is 2.43. The lowest BCUT2D eigenvalue weighted by atomic mass is 9.89. The molecular weight excluding hydrogens is 483 g/mol. The largest absolute Gasteiger partial charge is 0.573 e. The van der Waals surface area contributed by atoms with Gasteiger partial charge in [0.05, 0.1) is 12.5 Å². The number of rotatable bonds is 7. The second kappa shape index (κ2) is 9.31. The fourth-order valence-electron chi connectivity index (χ4n) is 3.43. The van der Waals surface area contributed by atoms with E-state index in [1.165, 1.54) is 18.2 Å². The topological polar surface area (TPSA) is 65.7 Å². The number of hydrogen-bond donors (Lipinski definition) is 0. The van der Waals surface area contributed by atoms with Gasteiger partial charge >= 0.3 is 6.36 Å². The van der Waals surface area contributed by atoms with Crippen LogP contribution in [0.2, 0.25) is 0 Å². The summed E-state index contributed by atoms with van der Waals surface area (Å²) < 4.78 is 101. The number of ether oxygens (including phenoxy) is 1. The maximum absolute atomic E-state index is 15.6. The summed E-state index contributed by atoms with van der Waals surface area (Å²) in [5, 5.41) is 10.3. The van der Waals surface area contributed by atoms with E-state index in [9.17, 15) is 22.0 Å². The van der Waals surface area contributed by atoms with Gasteiger partial charge in [0.1, 0.15) is 29.4 Å². The molecular formula is C22H14F7N5O. The van der Waals surface area contributed by atoms with Crippen molar-refractivity contribution in [1.29, 1.82) is 0 Å². The third-order valence-corrected chi connectivity index (χ3v) is 5.06. The van der Waals surface area contributed by atoms with Gasteiger partial charge in [0.2, 0.25) is 0 Å². The van der Waals surface area contributed by atoms with Crippen LogP contribution in [0.3, 0.4) is 0 Å². The van der Waals surface area contributed by atoms with Crippen molar-refractivity contribution in [3.8, 4) is 16.9 Å². The Morgan fingerprint density at radius 1 is 0.886 bits per heavy atom. The molecule has 0 N–H and O–H groups in total. The first-order valence-electron chi connectivity index (χ1n) is 9.89. The Balaban J connectivity index is 1.63. The molecule has 2 aromatic carbocycles. The van der Waals surface area contributed by atoms with Crippen molar-refractivity contribution < 1.29 is 35.5 Å². The van der Waals surface area contributed by atoms with Gasteiger partial charge in [0.25, 0.3) is 5.92 Å². The van der Waals surface area contributed by atoms with Gasteiger partial charge in [-0.1, -0.05) is 24.3 Å². The first-order chi connectivity index (χ1) is 16.5. The molecule has 6 nitrogen and oxygen atoms in total. The van der Waals surface area contributed by atoms with Crippen molar-refractivity contribution in [2.75, 3.05) is 0 Å². The number of alkyl halides is 5. The van der Waals surface area contributed by atoms with E-state index in [1.54, 1.807) is 0 Å². The van der Waals surface area contributed by atoms with Gasteiger partial charge in [-0.15, -0.1) is 18.3 Å². The average Bonchev–Trinajstić information content (AvgIpc) is 3.31. The van der Waals surface area contributed by atoms with Gasteiger partial charge in [-0.25, -0.2) is 13.5 Å². The van der Waals surface area contributed by atoms with E-state index >= 15 is 8.78 Å². The minimum absolute atomic E-state index is 0.341. The molecule has 4 rings (SSSR count). The zero-order valence-corrected chi connectivity index (χ0v) is 17.4. The molecule has 35 heavy (non-hydrogen) atoms. The summed E-state index contributed by atoms with van der Waals surface area (Å²) in [5.74, 6) is -8.12. The molecule has 2 heterocycles. The molecule has 1 unspecified atom stereocenters. The molecule has 1 atom stereocenters. The number of benzene rings is 2. The Kier molecular flexibility index (Phi) is 6.41. The molecule has 4 aromatic rings. The molecule has 0 aliphatic heterocycles. The summed E-state index contributed by atoms with van der Waals surface area (Å²) in [7, 11) is 0. The lowest BCUT2D eigenvalue weighted by molar-refractivity contribution is -0.274. The fraction of sp³-hybridized carbons (Fsp3) is 0.182. The number of tetrazole rings is 1. The van der Waals surface area contributed by atoms with E-state index in [2.05, 4.69) is 25.2 Å². The molecule has 2 aromatic heterocycles. The van der Waals surface area contributed by atoms with Crippen LogP contribution in [0.4, 0.5) is 30.7 Å². The van der Waals surface area contributed by atoms with Crippen LogP contribution in [-0.4, -0.2) is 31.6 Å². The van der Waals surface area contributed by atoms with Crippen LogP contribution in [0.5, 0.6) is 5.75 Å². The van der Waals surface area contributed by atoms with Crippen molar-refractivity contribution in [2.45, 2.75) is 24.7 Å². The minimum atomic E-state index is -4.85. The summed E-state index contributed by atoms with van der Waals surface area (Å²) >= 11 is 0. The Bertz CT molecular complexity index is 1280. The fourth-order valence-corrected chi connectivity index (χ4v) is 3.43. The van der Waals surface area contributed by atoms with E-state index < -0.39 is 53.4 Å². The maximum atomic E-state index is 15.6. The lowest BCUT2D eigenvalue weighted by Gasteiger charge is -2.27. The molecule has 13 heteroatoms. The van der Waals surface area contributed by atoms with Gasteiger partial charge in [-0.3, -0.25) is 4.98 Å². The van der Waals surface area contributed by atoms with Crippen molar-refractivity contribution in [3.63, 3.8) is 0 Å². The summed E-state index contributed by atoms with van der Waals surface area (Å²) in [6.07, 6.45) is -2.66. The number of aromatic nitrogens is 5. The van der Waals surface area contributed by atoms with E-state index in [4.69, 9.17) is 0 Å². The van der Waals surface area contributed by atoms with Crippen LogP contribution in [0.1, 0.15) is 17.2 Å². The first kappa shape index (κ1) is 24.1. The highest BCUT2D eigenvalue weighted by Gasteiger charge is 2.45. The van der Waals surface area contributed by atoms with E-state index in [0.29, 0.717) is 17.2 Å². The summed E-state index contributed by atoms with van der Waals surface area (Å²) in [4.78, 5) is 3.81.